The van der Waals surface area contributed by atoms with Crippen LogP contribution in [0.4, 0.5) is 11.6 Å². The van der Waals surface area contributed by atoms with Crippen LogP contribution in [0.1, 0.15) is 36.3 Å². The lowest BCUT2D eigenvalue weighted by Gasteiger charge is -2.17. The van der Waals surface area contributed by atoms with Crippen LogP contribution in [0.2, 0.25) is 0 Å². The molecule has 2 aromatic rings. The van der Waals surface area contributed by atoms with Gasteiger partial charge in [-0.1, -0.05) is 32.0 Å². The number of aromatic nitrogens is 2. The second-order valence-corrected chi connectivity index (χ2v) is 6.21. The van der Waals surface area contributed by atoms with E-state index in [1.54, 1.807) is 12.3 Å². The van der Waals surface area contributed by atoms with Crippen molar-refractivity contribution in [1.82, 2.24) is 15.3 Å². The van der Waals surface area contributed by atoms with Crippen molar-refractivity contribution >= 4 is 17.5 Å². The molecule has 23 heavy (non-hydrogen) atoms. The third-order valence-corrected chi connectivity index (χ3v) is 4.01. The minimum atomic E-state index is -0.137. The van der Waals surface area contributed by atoms with Crippen LogP contribution in [0.25, 0.3) is 0 Å². The van der Waals surface area contributed by atoms with Crippen molar-refractivity contribution in [3.8, 4) is 0 Å². The van der Waals surface area contributed by atoms with E-state index in [4.69, 9.17) is 0 Å². The van der Waals surface area contributed by atoms with Crippen LogP contribution in [0, 0.1) is 5.92 Å². The Labute approximate surface area is 136 Å². The van der Waals surface area contributed by atoms with Gasteiger partial charge in [0.05, 0.1) is 0 Å². The van der Waals surface area contributed by atoms with Gasteiger partial charge < -0.3 is 10.2 Å². The lowest BCUT2D eigenvalue weighted by atomic mass is 10.1. The molecular weight excluding hydrogens is 288 g/mol. The molecule has 1 aromatic carbocycles. The lowest BCUT2D eigenvalue weighted by molar-refractivity contribution is 0.0947. The number of hydrogen-bond acceptors (Lipinski definition) is 4. The van der Waals surface area contributed by atoms with Crippen LogP contribution >= 0.6 is 0 Å². The molecule has 0 unspecified atom stereocenters. The average molecular weight is 310 g/mol. The van der Waals surface area contributed by atoms with Crippen molar-refractivity contribution in [3.63, 3.8) is 0 Å². The second-order valence-electron chi connectivity index (χ2n) is 6.21. The predicted molar refractivity (Wildman–Crippen MR) is 91.0 cm³/mol. The molecule has 2 heterocycles. The van der Waals surface area contributed by atoms with E-state index in [-0.39, 0.29) is 5.91 Å². The molecule has 0 spiro atoms. The van der Waals surface area contributed by atoms with Crippen LogP contribution in [0.3, 0.4) is 0 Å². The summed E-state index contributed by atoms with van der Waals surface area (Å²) in [5, 5.41) is 2.92. The molecule has 1 amide bonds. The number of nitrogens with one attached hydrogen (secondary N) is 1. The first-order valence-corrected chi connectivity index (χ1v) is 8.12. The molecule has 0 radical (unpaired) electrons. The Morgan fingerprint density at radius 1 is 1.30 bits per heavy atom. The first kappa shape index (κ1) is 15.5. The Hall–Kier alpha value is -2.43. The van der Waals surface area contributed by atoms with Gasteiger partial charge in [-0.05, 0) is 36.5 Å². The predicted octanol–water partition coefficient (Wildman–Crippen LogP) is 2.95. The molecule has 5 nitrogen and oxygen atoms in total. The lowest BCUT2D eigenvalue weighted by Crippen LogP contribution is -2.27. The average Bonchev–Trinajstić information content (AvgIpc) is 2.98. The van der Waals surface area contributed by atoms with E-state index in [1.165, 1.54) is 5.56 Å². The van der Waals surface area contributed by atoms with Gasteiger partial charge in [0.15, 0.2) is 0 Å². The highest BCUT2D eigenvalue weighted by atomic mass is 16.1. The summed E-state index contributed by atoms with van der Waals surface area (Å²) in [5.74, 6) is 1.02. The largest absolute Gasteiger partial charge is 0.351 e. The Balaban J connectivity index is 1.75. The molecule has 1 N–H and O–H groups in total. The summed E-state index contributed by atoms with van der Waals surface area (Å²) >= 11 is 0. The quantitative estimate of drug-likeness (QED) is 0.922. The first-order chi connectivity index (χ1) is 11.1. The third kappa shape index (κ3) is 3.50. The SMILES string of the molecule is CC(C)CCNC(=O)c1ccnc(N2CCc3ccccc32)n1. The summed E-state index contributed by atoms with van der Waals surface area (Å²) in [6.45, 7) is 5.79. The number of carbonyl (C=O) groups excluding carboxylic acids is 1. The van der Waals surface area contributed by atoms with Gasteiger partial charge in [-0.3, -0.25) is 4.79 Å². The van der Waals surface area contributed by atoms with E-state index in [9.17, 15) is 4.79 Å². The number of rotatable bonds is 5. The number of nitrogens with zero attached hydrogens (tertiary/aromatic N) is 3. The highest BCUT2D eigenvalue weighted by molar-refractivity contribution is 5.92. The van der Waals surface area contributed by atoms with Gasteiger partial charge in [0.2, 0.25) is 5.95 Å². The first-order valence-electron chi connectivity index (χ1n) is 8.12. The monoisotopic (exact) mass is 310 g/mol. The normalized spacial score (nSPS) is 13.3. The second kappa shape index (κ2) is 6.77. The van der Waals surface area contributed by atoms with Gasteiger partial charge in [0.1, 0.15) is 5.69 Å². The van der Waals surface area contributed by atoms with Gasteiger partial charge in [0, 0.05) is 25.0 Å². The zero-order valence-corrected chi connectivity index (χ0v) is 13.6. The maximum atomic E-state index is 12.2. The van der Waals surface area contributed by atoms with E-state index in [0.29, 0.717) is 24.1 Å². The molecule has 0 saturated heterocycles. The van der Waals surface area contributed by atoms with E-state index < -0.39 is 0 Å². The van der Waals surface area contributed by atoms with Gasteiger partial charge >= 0.3 is 0 Å². The molecule has 1 aliphatic heterocycles. The topological polar surface area (TPSA) is 58.1 Å². The highest BCUT2D eigenvalue weighted by Gasteiger charge is 2.22. The van der Waals surface area contributed by atoms with Gasteiger partial charge in [-0.2, -0.15) is 0 Å². The summed E-state index contributed by atoms with van der Waals surface area (Å²) in [4.78, 5) is 23.1. The summed E-state index contributed by atoms with van der Waals surface area (Å²) in [6.07, 6.45) is 3.59. The Bertz CT molecular complexity index is 699. The Morgan fingerprint density at radius 3 is 2.96 bits per heavy atom. The van der Waals surface area contributed by atoms with Crippen LogP contribution in [-0.2, 0) is 6.42 Å². The fraction of sp³-hybridized carbons (Fsp3) is 0.389. The number of anilines is 2. The van der Waals surface area contributed by atoms with Crippen molar-refractivity contribution < 1.29 is 4.79 Å². The summed E-state index contributed by atoms with van der Waals surface area (Å²) < 4.78 is 0. The van der Waals surface area contributed by atoms with E-state index in [1.807, 2.05) is 12.1 Å². The Morgan fingerprint density at radius 2 is 2.13 bits per heavy atom. The summed E-state index contributed by atoms with van der Waals surface area (Å²) in [6, 6.07) is 9.91. The van der Waals surface area contributed by atoms with Crippen molar-refractivity contribution in [2.75, 3.05) is 18.0 Å². The number of para-hydroxylation sites is 1. The van der Waals surface area contributed by atoms with Crippen molar-refractivity contribution in [3.05, 3.63) is 47.8 Å². The number of benzene rings is 1. The van der Waals surface area contributed by atoms with Gasteiger partial charge in [-0.25, -0.2) is 9.97 Å². The molecule has 3 rings (SSSR count). The molecular formula is C18H22N4O. The molecule has 1 aliphatic rings. The fourth-order valence-corrected chi connectivity index (χ4v) is 2.72. The number of hydrogen-bond donors (Lipinski definition) is 1. The maximum absolute atomic E-state index is 12.2. The van der Waals surface area contributed by atoms with Gasteiger partial charge in [0.25, 0.3) is 5.91 Å². The number of amides is 1. The number of fused-ring (bicyclic) bond motifs is 1. The third-order valence-electron chi connectivity index (χ3n) is 4.01. The minimum absolute atomic E-state index is 0.137. The molecule has 120 valence electrons. The number of carbonyl (C=O) groups is 1. The van der Waals surface area contributed by atoms with E-state index in [2.05, 4.69) is 46.2 Å². The van der Waals surface area contributed by atoms with Gasteiger partial charge in [-0.15, -0.1) is 0 Å². The molecule has 0 aliphatic carbocycles. The Kier molecular flexibility index (Phi) is 4.55. The van der Waals surface area contributed by atoms with E-state index in [0.717, 1.165) is 25.1 Å². The minimum Gasteiger partial charge on any atom is -0.351 e. The maximum Gasteiger partial charge on any atom is 0.270 e. The van der Waals surface area contributed by atoms with Crippen LogP contribution in [0.5, 0.6) is 0 Å². The molecule has 0 bridgehead atoms. The molecule has 1 aromatic heterocycles. The molecule has 0 fully saturated rings. The molecule has 0 atom stereocenters. The zero-order valence-electron chi connectivity index (χ0n) is 13.6. The molecule has 0 saturated carbocycles. The van der Waals surface area contributed by atoms with Crippen LogP contribution in [-0.4, -0.2) is 29.0 Å². The molecule has 5 heteroatoms. The van der Waals surface area contributed by atoms with E-state index >= 15 is 0 Å². The summed E-state index contributed by atoms with van der Waals surface area (Å²) in [5.41, 5.74) is 2.84. The highest BCUT2D eigenvalue weighted by Crippen LogP contribution is 2.31. The van der Waals surface area contributed by atoms with Crippen LogP contribution in [0.15, 0.2) is 36.5 Å². The standard InChI is InChI=1S/C18H22N4O/c1-13(2)7-10-19-17(23)15-8-11-20-18(21-15)22-12-9-14-5-3-4-6-16(14)22/h3-6,8,11,13H,7,9-10,12H2,1-2H3,(H,19,23). The van der Waals surface area contributed by atoms with Crippen molar-refractivity contribution in [2.45, 2.75) is 26.7 Å². The van der Waals surface area contributed by atoms with Crippen molar-refractivity contribution in [1.29, 1.82) is 0 Å². The van der Waals surface area contributed by atoms with Crippen LogP contribution < -0.4 is 10.2 Å². The fourth-order valence-electron chi connectivity index (χ4n) is 2.72. The summed E-state index contributed by atoms with van der Waals surface area (Å²) in [7, 11) is 0. The van der Waals surface area contributed by atoms with Crippen molar-refractivity contribution in [2.24, 2.45) is 5.92 Å². The zero-order chi connectivity index (χ0) is 16.2. The smallest absolute Gasteiger partial charge is 0.270 e.